The maximum absolute atomic E-state index is 13.3. The highest BCUT2D eigenvalue weighted by molar-refractivity contribution is 5.43. The normalized spacial score (nSPS) is 14.7. The number of hydrogen-bond acceptors (Lipinski definition) is 1. The standard InChI is InChI=1S/C11H13FO/c1-7-10(6-13)9-4-2-3-8(9)5-11(7)12/h5,13H,2-4,6H2,1H3. The van der Waals surface area contributed by atoms with E-state index in [1.54, 1.807) is 13.0 Å². The minimum Gasteiger partial charge on any atom is -0.392 e. The van der Waals surface area contributed by atoms with Gasteiger partial charge < -0.3 is 5.11 Å². The summed E-state index contributed by atoms with van der Waals surface area (Å²) in [5.41, 5.74) is 3.70. The summed E-state index contributed by atoms with van der Waals surface area (Å²) in [5, 5.41) is 9.14. The molecule has 70 valence electrons. The molecule has 1 aromatic carbocycles. The Hall–Kier alpha value is -0.890. The minimum atomic E-state index is -0.176. The highest BCUT2D eigenvalue weighted by Crippen LogP contribution is 2.29. The molecule has 0 bridgehead atoms. The third kappa shape index (κ3) is 1.25. The molecular weight excluding hydrogens is 167 g/mol. The van der Waals surface area contributed by atoms with E-state index < -0.39 is 0 Å². The molecule has 1 N–H and O–H groups in total. The molecule has 1 aromatic rings. The summed E-state index contributed by atoms with van der Waals surface area (Å²) < 4.78 is 13.3. The summed E-state index contributed by atoms with van der Waals surface area (Å²) in [6.07, 6.45) is 3.04. The van der Waals surface area contributed by atoms with Gasteiger partial charge in [-0.3, -0.25) is 0 Å². The van der Waals surface area contributed by atoms with Crippen molar-refractivity contribution < 1.29 is 9.50 Å². The van der Waals surface area contributed by atoms with Crippen molar-refractivity contribution in [3.05, 3.63) is 34.1 Å². The van der Waals surface area contributed by atoms with Gasteiger partial charge in [0.25, 0.3) is 0 Å². The lowest BCUT2D eigenvalue weighted by atomic mass is 9.98. The van der Waals surface area contributed by atoms with Gasteiger partial charge in [0.2, 0.25) is 0 Å². The van der Waals surface area contributed by atoms with Crippen LogP contribution in [-0.4, -0.2) is 5.11 Å². The third-order valence-electron chi connectivity index (χ3n) is 2.89. The first-order chi connectivity index (χ1) is 6.24. The smallest absolute Gasteiger partial charge is 0.126 e. The second-order valence-corrected chi connectivity index (χ2v) is 3.61. The van der Waals surface area contributed by atoms with E-state index in [0.29, 0.717) is 5.56 Å². The Labute approximate surface area is 77.2 Å². The van der Waals surface area contributed by atoms with Crippen LogP contribution >= 0.6 is 0 Å². The summed E-state index contributed by atoms with van der Waals surface area (Å²) in [4.78, 5) is 0. The van der Waals surface area contributed by atoms with Crippen LogP contribution < -0.4 is 0 Å². The van der Waals surface area contributed by atoms with Crippen LogP contribution in [0.4, 0.5) is 4.39 Å². The fourth-order valence-electron chi connectivity index (χ4n) is 2.12. The van der Waals surface area contributed by atoms with Gasteiger partial charge in [0.1, 0.15) is 5.82 Å². The second-order valence-electron chi connectivity index (χ2n) is 3.61. The van der Waals surface area contributed by atoms with Crippen LogP contribution in [0.1, 0.15) is 28.7 Å². The zero-order valence-electron chi connectivity index (χ0n) is 7.73. The van der Waals surface area contributed by atoms with Crippen LogP contribution in [-0.2, 0) is 19.4 Å². The first kappa shape index (κ1) is 8.70. The Morgan fingerprint density at radius 2 is 2.23 bits per heavy atom. The van der Waals surface area contributed by atoms with Gasteiger partial charge in [-0.25, -0.2) is 4.39 Å². The van der Waals surface area contributed by atoms with Crippen molar-refractivity contribution in [3.63, 3.8) is 0 Å². The Morgan fingerprint density at radius 1 is 1.46 bits per heavy atom. The molecule has 1 nitrogen and oxygen atoms in total. The van der Waals surface area contributed by atoms with E-state index in [2.05, 4.69) is 0 Å². The Balaban J connectivity index is 2.64. The summed E-state index contributed by atoms with van der Waals surface area (Å²) in [7, 11) is 0. The molecule has 0 unspecified atom stereocenters. The number of hydrogen-bond donors (Lipinski definition) is 1. The lowest BCUT2D eigenvalue weighted by Gasteiger charge is -2.10. The van der Waals surface area contributed by atoms with E-state index in [1.165, 1.54) is 5.56 Å². The van der Waals surface area contributed by atoms with Crippen molar-refractivity contribution in [2.45, 2.75) is 32.8 Å². The van der Waals surface area contributed by atoms with Crippen molar-refractivity contribution in [2.75, 3.05) is 0 Å². The average Bonchev–Trinajstić information content (AvgIpc) is 2.54. The van der Waals surface area contributed by atoms with Crippen molar-refractivity contribution >= 4 is 0 Å². The maximum Gasteiger partial charge on any atom is 0.126 e. The molecule has 0 heterocycles. The Bertz CT molecular complexity index is 344. The van der Waals surface area contributed by atoms with Gasteiger partial charge in [-0.2, -0.15) is 0 Å². The minimum absolute atomic E-state index is 0.0358. The predicted molar refractivity (Wildman–Crippen MR) is 49.1 cm³/mol. The maximum atomic E-state index is 13.3. The molecule has 13 heavy (non-hydrogen) atoms. The van der Waals surface area contributed by atoms with Gasteiger partial charge in [0.15, 0.2) is 0 Å². The largest absolute Gasteiger partial charge is 0.392 e. The lowest BCUT2D eigenvalue weighted by Crippen LogP contribution is -2.00. The molecule has 1 aliphatic rings. The molecule has 0 atom stereocenters. The van der Waals surface area contributed by atoms with E-state index in [0.717, 1.165) is 30.4 Å². The zero-order chi connectivity index (χ0) is 9.42. The fourth-order valence-corrected chi connectivity index (χ4v) is 2.12. The molecule has 0 aromatic heterocycles. The van der Waals surface area contributed by atoms with Crippen molar-refractivity contribution in [3.8, 4) is 0 Å². The van der Waals surface area contributed by atoms with E-state index in [9.17, 15) is 4.39 Å². The van der Waals surface area contributed by atoms with Gasteiger partial charge >= 0.3 is 0 Å². The number of halogens is 1. The first-order valence-corrected chi connectivity index (χ1v) is 4.64. The number of aliphatic hydroxyl groups is 1. The van der Waals surface area contributed by atoms with Crippen molar-refractivity contribution in [1.29, 1.82) is 0 Å². The molecule has 0 fully saturated rings. The SMILES string of the molecule is Cc1c(F)cc2c(c1CO)CCC2. The quantitative estimate of drug-likeness (QED) is 0.701. The molecule has 2 rings (SSSR count). The number of aliphatic hydroxyl groups excluding tert-OH is 1. The first-order valence-electron chi connectivity index (χ1n) is 4.64. The molecular formula is C11H13FO. The molecule has 0 saturated heterocycles. The van der Waals surface area contributed by atoms with Gasteiger partial charge in [0.05, 0.1) is 6.61 Å². The molecule has 1 aliphatic carbocycles. The van der Waals surface area contributed by atoms with Crippen LogP contribution in [0.5, 0.6) is 0 Å². The molecule has 2 heteroatoms. The third-order valence-corrected chi connectivity index (χ3v) is 2.89. The topological polar surface area (TPSA) is 20.2 Å². The monoisotopic (exact) mass is 180 g/mol. The lowest BCUT2D eigenvalue weighted by molar-refractivity contribution is 0.279. The van der Waals surface area contributed by atoms with Crippen LogP contribution in [0.15, 0.2) is 6.07 Å². The van der Waals surface area contributed by atoms with E-state index in [-0.39, 0.29) is 12.4 Å². The highest BCUT2D eigenvalue weighted by Gasteiger charge is 2.18. The molecule has 0 amide bonds. The molecule has 0 spiro atoms. The van der Waals surface area contributed by atoms with E-state index >= 15 is 0 Å². The van der Waals surface area contributed by atoms with Gasteiger partial charge in [0, 0.05) is 0 Å². The van der Waals surface area contributed by atoms with Crippen LogP contribution in [0.3, 0.4) is 0 Å². The summed E-state index contributed by atoms with van der Waals surface area (Å²) in [6, 6.07) is 1.62. The average molecular weight is 180 g/mol. The van der Waals surface area contributed by atoms with Gasteiger partial charge in [-0.15, -0.1) is 0 Å². The number of fused-ring (bicyclic) bond motifs is 1. The van der Waals surface area contributed by atoms with Gasteiger partial charge in [-0.1, -0.05) is 0 Å². The number of aryl methyl sites for hydroxylation is 1. The summed E-state index contributed by atoms with van der Waals surface area (Å²) >= 11 is 0. The summed E-state index contributed by atoms with van der Waals surface area (Å²) in [5.74, 6) is -0.176. The van der Waals surface area contributed by atoms with E-state index in [1.807, 2.05) is 0 Å². The van der Waals surface area contributed by atoms with Gasteiger partial charge in [-0.05, 0) is 54.5 Å². The summed E-state index contributed by atoms with van der Waals surface area (Å²) in [6.45, 7) is 1.70. The Morgan fingerprint density at radius 3 is 2.92 bits per heavy atom. The number of rotatable bonds is 1. The highest BCUT2D eigenvalue weighted by atomic mass is 19.1. The van der Waals surface area contributed by atoms with Crippen LogP contribution in [0.25, 0.3) is 0 Å². The fraction of sp³-hybridized carbons (Fsp3) is 0.455. The van der Waals surface area contributed by atoms with Crippen molar-refractivity contribution in [1.82, 2.24) is 0 Å². The number of benzene rings is 1. The van der Waals surface area contributed by atoms with Crippen LogP contribution in [0, 0.1) is 12.7 Å². The molecule has 0 saturated carbocycles. The zero-order valence-corrected chi connectivity index (χ0v) is 7.73. The predicted octanol–water partition coefficient (Wildman–Crippen LogP) is 2.12. The van der Waals surface area contributed by atoms with Crippen LogP contribution in [0.2, 0.25) is 0 Å². The Kier molecular flexibility index (Phi) is 2.08. The second kappa shape index (κ2) is 3.11. The molecule has 0 aliphatic heterocycles. The molecule has 0 radical (unpaired) electrons. The van der Waals surface area contributed by atoms with Crippen molar-refractivity contribution in [2.24, 2.45) is 0 Å². The van der Waals surface area contributed by atoms with E-state index in [4.69, 9.17) is 5.11 Å².